The van der Waals surface area contributed by atoms with E-state index in [0.29, 0.717) is 5.95 Å². The van der Waals surface area contributed by atoms with Crippen LogP contribution in [0.3, 0.4) is 0 Å². The van der Waals surface area contributed by atoms with Crippen molar-refractivity contribution < 1.29 is 4.52 Å². The van der Waals surface area contributed by atoms with Crippen LogP contribution in [0.2, 0.25) is 0 Å². The van der Waals surface area contributed by atoms with E-state index in [1.54, 1.807) is 0 Å². The van der Waals surface area contributed by atoms with E-state index in [4.69, 9.17) is 9.51 Å². The zero-order chi connectivity index (χ0) is 24.6. The smallest absolute Gasteiger partial charge is 0.229 e. The lowest BCUT2D eigenvalue weighted by Gasteiger charge is -2.34. The summed E-state index contributed by atoms with van der Waals surface area (Å²) < 4.78 is 7.46. The second-order valence-corrected chi connectivity index (χ2v) is 9.37. The van der Waals surface area contributed by atoms with Crippen LogP contribution in [-0.2, 0) is 0 Å². The molecule has 0 amide bonds. The predicted octanol–water partition coefficient (Wildman–Crippen LogP) is 5.19. The summed E-state index contributed by atoms with van der Waals surface area (Å²) >= 11 is 0. The topological polar surface area (TPSA) is 75.2 Å². The first kappa shape index (κ1) is 22.3. The summed E-state index contributed by atoms with van der Waals surface area (Å²) in [6.45, 7) is 8.19. The van der Waals surface area contributed by atoms with Crippen molar-refractivity contribution in [2.45, 2.75) is 13.8 Å². The third kappa shape index (κ3) is 4.20. The minimum atomic E-state index is 0.566. The van der Waals surface area contributed by atoms with Gasteiger partial charge < -0.3 is 24.2 Å². The quantitative estimate of drug-likeness (QED) is 0.372. The van der Waals surface area contributed by atoms with E-state index in [0.717, 1.165) is 71.2 Å². The van der Waals surface area contributed by atoms with Gasteiger partial charge in [-0.3, -0.25) is 0 Å². The van der Waals surface area contributed by atoms with Crippen molar-refractivity contribution in [2.24, 2.45) is 0 Å². The first-order valence-electron chi connectivity index (χ1n) is 12.2. The number of benzene rings is 2. The van der Waals surface area contributed by atoms with Crippen molar-refractivity contribution in [1.29, 1.82) is 0 Å². The lowest BCUT2D eigenvalue weighted by Crippen LogP contribution is -2.44. The van der Waals surface area contributed by atoms with Gasteiger partial charge in [-0.15, -0.1) is 0 Å². The maximum atomic E-state index is 5.38. The fraction of sp³-hybridized carbons (Fsp3) is 0.250. The first-order chi connectivity index (χ1) is 17.5. The van der Waals surface area contributed by atoms with Crippen LogP contribution in [0.1, 0.15) is 11.5 Å². The fourth-order valence-corrected chi connectivity index (χ4v) is 4.84. The SMILES string of the molecule is Cc1noc(C)c1-c1cccc(-n2ccc3cnc(Nc4ccc(N5CCN(C)CC5)cc4)nc32)c1. The summed E-state index contributed by atoms with van der Waals surface area (Å²) in [5, 5.41) is 8.45. The lowest BCUT2D eigenvalue weighted by molar-refractivity contribution is 0.313. The molecule has 182 valence electrons. The molecule has 0 aliphatic carbocycles. The summed E-state index contributed by atoms with van der Waals surface area (Å²) in [6.07, 6.45) is 3.89. The summed E-state index contributed by atoms with van der Waals surface area (Å²) in [6, 6.07) is 18.9. The van der Waals surface area contributed by atoms with Gasteiger partial charge in [-0.2, -0.15) is 4.98 Å². The van der Waals surface area contributed by atoms with Gasteiger partial charge in [0.05, 0.1) is 5.69 Å². The van der Waals surface area contributed by atoms with Gasteiger partial charge in [0.25, 0.3) is 0 Å². The zero-order valence-corrected chi connectivity index (χ0v) is 20.8. The van der Waals surface area contributed by atoms with Crippen LogP contribution in [-0.4, -0.2) is 57.8 Å². The summed E-state index contributed by atoms with van der Waals surface area (Å²) in [5.41, 5.74) is 7.06. The van der Waals surface area contributed by atoms with Gasteiger partial charge in [0, 0.05) is 66.6 Å². The highest BCUT2D eigenvalue weighted by Gasteiger charge is 2.15. The van der Waals surface area contributed by atoms with Crippen LogP contribution in [0.15, 0.2) is 71.5 Å². The molecule has 1 fully saturated rings. The molecular weight excluding hydrogens is 450 g/mol. The molecule has 0 spiro atoms. The van der Waals surface area contributed by atoms with Gasteiger partial charge in [0.2, 0.25) is 5.95 Å². The Morgan fingerprint density at radius 1 is 0.917 bits per heavy atom. The van der Waals surface area contributed by atoms with E-state index in [1.807, 2.05) is 38.4 Å². The molecule has 36 heavy (non-hydrogen) atoms. The second kappa shape index (κ2) is 9.13. The Labute approximate surface area is 210 Å². The second-order valence-electron chi connectivity index (χ2n) is 9.37. The molecule has 0 saturated carbocycles. The highest BCUT2D eigenvalue weighted by molar-refractivity contribution is 5.80. The Morgan fingerprint density at radius 2 is 1.72 bits per heavy atom. The van der Waals surface area contributed by atoms with Crippen molar-refractivity contribution >= 4 is 28.4 Å². The molecule has 1 N–H and O–H groups in total. The molecule has 8 nitrogen and oxygen atoms in total. The van der Waals surface area contributed by atoms with Crippen LogP contribution >= 0.6 is 0 Å². The molecule has 0 radical (unpaired) electrons. The monoisotopic (exact) mass is 479 g/mol. The average Bonchev–Trinajstić information content (AvgIpc) is 3.47. The standard InChI is InChI=1S/C28H29N7O/c1-19-26(20(2)36-32-19)21-5-4-6-25(17-21)35-12-11-22-18-29-28(31-27(22)35)30-23-7-9-24(10-8-23)34-15-13-33(3)14-16-34/h4-12,17-18H,13-16H2,1-3H3,(H,29,30,31). The lowest BCUT2D eigenvalue weighted by atomic mass is 10.0. The highest BCUT2D eigenvalue weighted by Crippen LogP contribution is 2.30. The molecule has 0 bridgehead atoms. The van der Waals surface area contributed by atoms with Gasteiger partial charge >= 0.3 is 0 Å². The molecule has 1 aliphatic heterocycles. The number of rotatable bonds is 5. The molecule has 0 unspecified atom stereocenters. The molecule has 2 aromatic carbocycles. The van der Waals surface area contributed by atoms with Gasteiger partial charge in [-0.1, -0.05) is 17.3 Å². The van der Waals surface area contributed by atoms with Crippen molar-refractivity contribution in [3.05, 3.63) is 78.4 Å². The van der Waals surface area contributed by atoms with Crippen LogP contribution in [0.5, 0.6) is 0 Å². The molecular formula is C28H29N7O. The molecule has 4 heterocycles. The molecule has 3 aromatic heterocycles. The number of piperazine rings is 1. The number of hydrogen-bond acceptors (Lipinski definition) is 7. The van der Waals surface area contributed by atoms with E-state index < -0.39 is 0 Å². The van der Waals surface area contributed by atoms with Crippen LogP contribution < -0.4 is 10.2 Å². The first-order valence-corrected chi connectivity index (χ1v) is 12.2. The van der Waals surface area contributed by atoms with Crippen LogP contribution in [0.25, 0.3) is 27.8 Å². The summed E-state index contributed by atoms with van der Waals surface area (Å²) in [7, 11) is 2.17. The Kier molecular flexibility index (Phi) is 5.65. The number of likely N-dealkylation sites (N-methyl/N-ethyl adjacent to an activating group) is 1. The molecule has 1 aliphatic rings. The summed E-state index contributed by atoms with van der Waals surface area (Å²) in [5.74, 6) is 1.38. The number of anilines is 3. The zero-order valence-electron chi connectivity index (χ0n) is 20.8. The average molecular weight is 480 g/mol. The van der Waals surface area contributed by atoms with Gasteiger partial charge in [-0.25, -0.2) is 4.98 Å². The summed E-state index contributed by atoms with van der Waals surface area (Å²) in [4.78, 5) is 14.2. The van der Waals surface area contributed by atoms with E-state index >= 15 is 0 Å². The van der Waals surface area contributed by atoms with Gasteiger partial charge in [0.15, 0.2) is 0 Å². The van der Waals surface area contributed by atoms with E-state index in [1.165, 1.54) is 5.69 Å². The van der Waals surface area contributed by atoms with Gasteiger partial charge in [-0.05, 0) is 68.9 Å². The number of aryl methyl sites for hydroxylation is 2. The third-order valence-corrected chi connectivity index (χ3v) is 6.87. The van der Waals surface area contributed by atoms with Crippen molar-refractivity contribution in [1.82, 2.24) is 24.6 Å². The molecule has 6 rings (SSSR count). The Morgan fingerprint density at radius 3 is 2.47 bits per heavy atom. The van der Waals surface area contributed by atoms with Crippen molar-refractivity contribution in [3.8, 4) is 16.8 Å². The third-order valence-electron chi connectivity index (χ3n) is 6.87. The van der Waals surface area contributed by atoms with E-state index in [9.17, 15) is 0 Å². The normalized spacial score (nSPS) is 14.5. The van der Waals surface area contributed by atoms with E-state index in [2.05, 4.69) is 79.3 Å². The van der Waals surface area contributed by atoms with Crippen LogP contribution in [0.4, 0.5) is 17.3 Å². The molecule has 0 atom stereocenters. The minimum absolute atomic E-state index is 0.566. The largest absolute Gasteiger partial charge is 0.369 e. The fourth-order valence-electron chi connectivity index (χ4n) is 4.84. The number of aromatic nitrogens is 4. The number of hydrogen-bond donors (Lipinski definition) is 1. The minimum Gasteiger partial charge on any atom is -0.369 e. The molecule has 5 aromatic rings. The van der Waals surface area contributed by atoms with E-state index in [-0.39, 0.29) is 0 Å². The van der Waals surface area contributed by atoms with Crippen LogP contribution in [0, 0.1) is 13.8 Å². The highest BCUT2D eigenvalue weighted by atomic mass is 16.5. The Hall–Kier alpha value is -4.17. The Bertz CT molecular complexity index is 1490. The maximum Gasteiger partial charge on any atom is 0.229 e. The number of nitrogens with one attached hydrogen (secondary N) is 1. The van der Waals surface area contributed by atoms with Gasteiger partial charge in [0.1, 0.15) is 11.4 Å². The van der Waals surface area contributed by atoms with Crippen molar-refractivity contribution in [3.63, 3.8) is 0 Å². The molecule has 1 saturated heterocycles. The Balaban J connectivity index is 1.26. The molecule has 8 heteroatoms. The number of nitrogens with zero attached hydrogens (tertiary/aromatic N) is 6. The van der Waals surface area contributed by atoms with Crippen molar-refractivity contribution in [2.75, 3.05) is 43.4 Å². The number of fused-ring (bicyclic) bond motifs is 1. The maximum absolute atomic E-state index is 5.38. The predicted molar refractivity (Wildman–Crippen MR) is 143 cm³/mol.